The second kappa shape index (κ2) is 12.3. The first-order chi connectivity index (χ1) is 16.4. The lowest BCUT2D eigenvalue weighted by Crippen LogP contribution is -2.52. The molecular formula is C24H32BrN3O6S. The van der Waals surface area contributed by atoms with Gasteiger partial charge >= 0.3 is 0 Å². The molecule has 11 heteroatoms. The molecule has 2 amide bonds. The van der Waals surface area contributed by atoms with E-state index in [0.717, 1.165) is 20.6 Å². The molecule has 0 aliphatic rings. The molecule has 1 N–H and O–H groups in total. The lowest BCUT2D eigenvalue weighted by Gasteiger charge is -2.32. The van der Waals surface area contributed by atoms with Crippen LogP contribution in [0.3, 0.4) is 0 Å². The van der Waals surface area contributed by atoms with Crippen LogP contribution in [0.4, 0.5) is 5.69 Å². The smallest absolute Gasteiger partial charge is 0.244 e. The molecule has 0 aliphatic heterocycles. The number of sulfonamides is 1. The van der Waals surface area contributed by atoms with Gasteiger partial charge in [-0.05, 0) is 50.6 Å². The van der Waals surface area contributed by atoms with Crippen LogP contribution in [-0.2, 0) is 26.2 Å². The van der Waals surface area contributed by atoms with Gasteiger partial charge in [0.15, 0.2) is 11.5 Å². The summed E-state index contributed by atoms with van der Waals surface area (Å²) in [6.07, 6.45) is 1.02. The minimum absolute atomic E-state index is 0.117. The molecule has 0 spiro atoms. The third-order valence-corrected chi connectivity index (χ3v) is 6.87. The molecule has 0 saturated heterocycles. The third-order valence-electron chi connectivity index (χ3n) is 5.20. The Hall–Kier alpha value is -2.79. The van der Waals surface area contributed by atoms with Gasteiger partial charge in [-0.2, -0.15) is 0 Å². The van der Waals surface area contributed by atoms with Crippen LogP contribution in [-0.4, -0.2) is 64.2 Å². The van der Waals surface area contributed by atoms with Crippen LogP contribution in [0.2, 0.25) is 0 Å². The first-order valence-corrected chi connectivity index (χ1v) is 13.6. The summed E-state index contributed by atoms with van der Waals surface area (Å²) in [7, 11) is -0.944. The molecule has 1 atom stereocenters. The number of anilines is 1. The summed E-state index contributed by atoms with van der Waals surface area (Å²) >= 11 is 3.39. The van der Waals surface area contributed by atoms with E-state index in [-0.39, 0.29) is 24.2 Å². The standard InChI is InChI=1S/C24H32BrN3O6S/c1-16(2)26-24(30)17(3)27(14-18-7-9-19(25)10-8-18)23(29)15-28(35(6,31)32)20-11-12-21(33-4)22(13-20)34-5/h7-13,16-17H,14-15H2,1-6H3,(H,26,30)/t17-/m1/s1. The van der Waals surface area contributed by atoms with Crippen LogP contribution < -0.4 is 19.1 Å². The van der Waals surface area contributed by atoms with E-state index in [1.165, 1.54) is 31.3 Å². The zero-order chi connectivity index (χ0) is 26.3. The second-order valence-corrected chi connectivity index (χ2v) is 11.1. The zero-order valence-electron chi connectivity index (χ0n) is 20.7. The molecule has 0 radical (unpaired) electrons. The Kier molecular flexibility index (Phi) is 9.96. The van der Waals surface area contributed by atoms with Gasteiger partial charge in [0, 0.05) is 23.1 Å². The van der Waals surface area contributed by atoms with Gasteiger partial charge in [0.25, 0.3) is 0 Å². The predicted octanol–water partition coefficient (Wildman–Crippen LogP) is 3.17. The van der Waals surface area contributed by atoms with Gasteiger partial charge in [-0.1, -0.05) is 28.1 Å². The SMILES string of the molecule is COc1ccc(N(CC(=O)N(Cc2ccc(Br)cc2)[C@H](C)C(=O)NC(C)C)S(C)(=O)=O)cc1OC. The molecule has 0 bridgehead atoms. The fourth-order valence-corrected chi connectivity index (χ4v) is 4.47. The molecule has 35 heavy (non-hydrogen) atoms. The van der Waals surface area contributed by atoms with Crippen LogP contribution >= 0.6 is 15.9 Å². The van der Waals surface area contributed by atoms with Crippen LogP contribution in [0.15, 0.2) is 46.9 Å². The highest BCUT2D eigenvalue weighted by molar-refractivity contribution is 9.10. The summed E-state index contributed by atoms with van der Waals surface area (Å²) in [5.74, 6) is -0.114. The van der Waals surface area contributed by atoms with E-state index in [1.54, 1.807) is 13.0 Å². The number of nitrogens with zero attached hydrogens (tertiary/aromatic N) is 2. The van der Waals surface area contributed by atoms with Gasteiger partial charge in [0.2, 0.25) is 21.8 Å². The molecule has 2 rings (SSSR count). The molecule has 0 aromatic heterocycles. The molecule has 9 nitrogen and oxygen atoms in total. The van der Waals surface area contributed by atoms with E-state index in [2.05, 4.69) is 21.2 Å². The summed E-state index contributed by atoms with van der Waals surface area (Å²) in [6, 6.07) is 11.0. The Morgan fingerprint density at radius 3 is 2.11 bits per heavy atom. The van der Waals surface area contributed by atoms with E-state index in [9.17, 15) is 18.0 Å². The Balaban J connectivity index is 2.43. The van der Waals surface area contributed by atoms with Crippen LogP contribution in [0.25, 0.3) is 0 Å². The van der Waals surface area contributed by atoms with Gasteiger partial charge < -0.3 is 19.7 Å². The van der Waals surface area contributed by atoms with Gasteiger partial charge in [0.05, 0.1) is 26.2 Å². The highest BCUT2D eigenvalue weighted by atomic mass is 79.9. The van der Waals surface area contributed by atoms with Crippen molar-refractivity contribution in [3.63, 3.8) is 0 Å². The van der Waals surface area contributed by atoms with E-state index in [0.29, 0.717) is 11.5 Å². The number of halogens is 1. The van der Waals surface area contributed by atoms with Crippen molar-refractivity contribution < 1.29 is 27.5 Å². The third kappa shape index (κ3) is 7.86. The van der Waals surface area contributed by atoms with E-state index in [4.69, 9.17) is 9.47 Å². The van der Waals surface area contributed by atoms with Crippen molar-refractivity contribution in [1.29, 1.82) is 0 Å². The largest absolute Gasteiger partial charge is 0.493 e. The van der Waals surface area contributed by atoms with Crippen LogP contribution in [0, 0.1) is 0 Å². The van der Waals surface area contributed by atoms with Gasteiger partial charge in [-0.3, -0.25) is 13.9 Å². The molecular weight excluding hydrogens is 538 g/mol. The highest BCUT2D eigenvalue weighted by Gasteiger charge is 2.30. The monoisotopic (exact) mass is 569 g/mol. The van der Waals surface area contributed by atoms with Gasteiger partial charge in [-0.15, -0.1) is 0 Å². The topological polar surface area (TPSA) is 105 Å². The van der Waals surface area contributed by atoms with E-state index in [1.807, 2.05) is 38.1 Å². The van der Waals surface area contributed by atoms with Crippen molar-refractivity contribution in [1.82, 2.24) is 10.2 Å². The summed E-state index contributed by atoms with van der Waals surface area (Å²) in [4.78, 5) is 27.7. The molecule has 192 valence electrons. The Morgan fingerprint density at radius 2 is 1.60 bits per heavy atom. The zero-order valence-corrected chi connectivity index (χ0v) is 23.1. The van der Waals surface area contributed by atoms with Crippen molar-refractivity contribution in [3.8, 4) is 11.5 Å². The lowest BCUT2D eigenvalue weighted by molar-refractivity contribution is -0.139. The Bertz CT molecular complexity index is 1140. The number of rotatable bonds is 11. The van der Waals surface area contributed by atoms with E-state index < -0.39 is 28.5 Å². The number of carbonyl (C=O) groups is 2. The average Bonchev–Trinajstić information content (AvgIpc) is 2.79. The number of amides is 2. The summed E-state index contributed by atoms with van der Waals surface area (Å²) in [5.41, 5.74) is 1.03. The number of benzene rings is 2. The number of methoxy groups -OCH3 is 2. The van der Waals surface area contributed by atoms with Crippen molar-refractivity contribution in [2.24, 2.45) is 0 Å². The summed E-state index contributed by atoms with van der Waals surface area (Å²) < 4.78 is 37.7. The van der Waals surface area contributed by atoms with Crippen molar-refractivity contribution in [2.45, 2.75) is 39.4 Å². The first-order valence-electron chi connectivity index (χ1n) is 10.9. The molecule has 0 unspecified atom stereocenters. The number of hydrogen-bond acceptors (Lipinski definition) is 6. The van der Waals surface area contributed by atoms with Crippen molar-refractivity contribution in [3.05, 3.63) is 52.5 Å². The van der Waals surface area contributed by atoms with Gasteiger partial charge in [-0.25, -0.2) is 8.42 Å². The van der Waals surface area contributed by atoms with Crippen molar-refractivity contribution >= 4 is 43.5 Å². The molecule has 2 aromatic carbocycles. The normalized spacial score (nSPS) is 12.1. The first kappa shape index (κ1) is 28.4. The molecule has 0 aliphatic carbocycles. The maximum atomic E-state index is 13.5. The molecule has 0 fully saturated rings. The highest BCUT2D eigenvalue weighted by Crippen LogP contribution is 2.32. The summed E-state index contributed by atoms with van der Waals surface area (Å²) in [5, 5.41) is 2.81. The Labute approximate surface area is 215 Å². The number of nitrogens with one attached hydrogen (secondary N) is 1. The fraction of sp³-hybridized carbons (Fsp3) is 0.417. The molecule has 0 saturated carbocycles. The van der Waals surface area contributed by atoms with Crippen molar-refractivity contribution in [2.75, 3.05) is 31.3 Å². The summed E-state index contributed by atoms with van der Waals surface area (Å²) in [6.45, 7) is 4.91. The quantitative estimate of drug-likeness (QED) is 0.445. The minimum Gasteiger partial charge on any atom is -0.493 e. The van der Waals surface area contributed by atoms with Crippen LogP contribution in [0.1, 0.15) is 26.3 Å². The molecule has 0 heterocycles. The predicted molar refractivity (Wildman–Crippen MR) is 139 cm³/mol. The van der Waals surface area contributed by atoms with Crippen LogP contribution in [0.5, 0.6) is 11.5 Å². The fourth-order valence-electron chi connectivity index (χ4n) is 3.37. The lowest BCUT2D eigenvalue weighted by atomic mass is 10.1. The maximum Gasteiger partial charge on any atom is 0.244 e. The van der Waals surface area contributed by atoms with Gasteiger partial charge in [0.1, 0.15) is 12.6 Å². The number of hydrogen-bond donors (Lipinski definition) is 1. The van der Waals surface area contributed by atoms with E-state index >= 15 is 0 Å². The number of ether oxygens (including phenoxy) is 2. The number of carbonyl (C=O) groups excluding carboxylic acids is 2. The maximum absolute atomic E-state index is 13.5. The second-order valence-electron chi connectivity index (χ2n) is 8.30. The molecule has 2 aromatic rings. The minimum atomic E-state index is -3.85. The average molecular weight is 571 g/mol. The Morgan fingerprint density at radius 1 is 1.00 bits per heavy atom.